The van der Waals surface area contributed by atoms with Crippen LogP contribution >= 0.6 is 0 Å². The fraction of sp³-hybridized carbons (Fsp3) is 0.458. The van der Waals surface area contributed by atoms with Crippen molar-refractivity contribution in [1.82, 2.24) is 10.6 Å². The summed E-state index contributed by atoms with van der Waals surface area (Å²) in [5.74, 6) is -1.14. The molecule has 0 aliphatic carbocycles. The van der Waals surface area contributed by atoms with Gasteiger partial charge in [0.2, 0.25) is 5.91 Å². The minimum absolute atomic E-state index is 0.0465. The normalized spacial score (nSPS) is 14.9. The minimum Gasteiger partial charge on any atom is -0.372 e. The third-order valence-corrected chi connectivity index (χ3v) is 5.75. The van der Waals surface area contributed by atoms with Gasteiger partial charge in [-0.25, -0.2) is 0 Å². The Bertz CT molecular complexity index is 845. The van der Waals surface area contributed by atoms with Crippen LogP contribution in [0.1, 0.15) is 31.2 Å². The van der Waals surface area contributed by atoms with Gasteiger partial charge in [-0.2, -0.15) is 13.2 Å². The number of nitrogens with zero attached hydrogens (tertiary/aromatic N) is 1. The molecule has 1 aliphatic heterocycles. The number of hydrogen-bond donors (Lipinski definition) is 3. The smallest absolute Gasteiger partial charge is 0.372 e. The zero-order chi connectivity index (χ0) is 23.0. The molecule has 0 saturated carbocycles. The maximum atomic E-state index is 12.8. The summed E-state index contributed by atoms with van der Waals surface area (Å²) < 4.78 is 38.5. The number of halogens is 3. The largest absolute Gasteiger partial charge is 0.391 e. The van der Waals surface area contributed by atoms with E-state index >= 15 is 0 Å². The van der Waals surface area contributed by atoms with Crippen LogP contribution in [0.2, 0.25) is 0 Å². The first-order valence-electron chi connectivity index (χ1n) is 11.0. The van der Waals surface area contributed by atoms with Gasteiger partial charge in [0, 0.05) is 43.1 Å². The molecule has 0 unspecified atom stereocenters. The summed E-state index contributed by atoms with van der Waals surface area (Å²) >= 11 is 0. The van der Waals surface area contributed by atoms with Crippen molar-refractivity contribution >= 4 is 23.0 Å². The van der Waals surface area contributed by atoms with E-state index in [1.165, 1.54) is 0 Å². The summed E-state index contributed by atoms with van der Waals surface area (Å²) in [7, 11) is 1.87. The first-order valence-corrected chi connectivity index (χ1v) is 11.0. The van der Waals surface area contributed by atoms with E-state index in [0.29, 0.717) is 26.1 Å². The molecule has 174 valence electrons. The van der Waals surface area contributed by atoms with Gasteiger partial charge >= 0.3 is 6.18 Å². The molecule has 1 saturated heterocycles. The number of rotatable bonds is 9. The predicted molar refractivity (Wildman–Crippen MR) is 122 cm³/mol. The molecule has 0 aromatic heterocycles. The quantitative estimate of drug-likeness (QED) is 0.481. The van der Waals surface area contributed by atoms with Crippen LogP contribution < -0.4 is 20.9 Å². The van der Waals surface area contributed by atoms with Gasteiger partial charge in [0.05, 0.1) is 5.92 Å². The Labute approximate surface area is 187 Å². The SMILES string of the molecule is CNCCCC(=O)NCc1ccc(Nc2ccc(N3CCC(C(F)(F)F)CC3)cc2)cc1. The molecule has 1 heterocycles. The van der Waals surface area contributed by atoms with E-state index in [9.17, 15) is 18.0 Å². The Hall–Kier alpha value is -2.74. The predicted octanol–water partition coefficient (Wildman–Crippen LogP) is 4.82. The van der Waals surface area contributed by atoms with Crippen LogP contribution in [0, 0.1) is 5.92 Å². The standard InChI is InChI=1S/C24H31F3N4O/c1-28-14-2-3-23(32)29-17-18-4-6-20(7-5-18)30-21-8-10-22(11-9-21)31-15-12-19(13-16-31)24(25,26)27/h4-11,19,28,30H,2-3,12-17H2,1H3,(H,29,32). The molecule has 0 spiro atoms. The van der Waals surface area contributed by atoms with E-state index in [0.717, 1.165) is 35.6 Å². The van der Waals surface area contributed by atoms with Gasteiger partial charge in [-0.15, -0.1) is 0 Å². The van der Waals surface area contributed by atoms with Crippen molar-refractivity contribution in [2.75, 3.05) is 36.9 Å². The molecule has 3 N–H and O–H groups in total. The molecule has 1 amide bonds. The van der Waals surface area contributed by atoms with Crippen LogP contribution in [0.4, 0.5) is 30.2 Å². The fourth-order valence-corrected chi connectivity index (χ4v) is 3.81. The number of nitrogens with one attached hydrogen (secondary N) is 3. The van der Waals surface area contributed by atoms with Crippen LogP contribution in [0.25, 0.3) is 0 Å². The van der Waals surface area contributed by atoms with E-state index in [1.807, 2.05) is 60.5 Å². The van der Waals surface area contributed by atoms with Gasteiger partial charge in [-0.1, -0.05) is 12.1 Å². The third kappa shape index (κ3) is 7.15. The number of benzene rings is 2. The summed E-state index contributed by atoms with van der Waals surface area (Å²) in [5, 5.41) is 9.27. The highest BCUT2D eigenvalue weighted by Crippen LogP contribution is 2.35. The minimum atomic E-state index is -4.09. The monoisotopic (exact) mass is 448 g/mol. The van der Waals surface area contributed by atoms with Crippen molar-refractivity contribution in [1.29, 1.82) is 0 Å². The van der Waals surface area contributed by atoms with Gasteiger partial charge in [-0.3, -0.25) is 4.79 Å². The summed E-state index contributed by atoms with van der Waals surface area (Å²) in [5.41, 5.74) is 3.80. The second-order valence-corrected chi connectivity index (χ2v) is 8.16. The van der Waals surface area contributed by atoms with E-state index in [1.54, 1.807) is 0 Å². The molecular weight excluding hydrogens is 417 g/mol. The zero-order valence-corrected chi connectivity index (χ0v) is 18.3. The topological polar surface area (TPSA) is 56.4 Å². The molecule has 1 aliphatic rings. The zero-order valence-electron chi connectivity index (χ0n) is 18.3. The summed E-state index contributed by atoms with van der Waals surface area (Å²) in [6, 6.07) is 15.6. The lowest BCUT2D eigenvalue weighted by molar-refractivity contribution is -0.179. The van der Waals surface area contributed by atoms with Gasteiger partial charge in [0.15, 0.2) is 0 Å². The number of anilines is 3. The van der Waals surface area contributed by atoms with Gasteiger partial charge in [0.25, 0.3) is 0 Å². The number of carbonyl (C=O) groups is 1. The highest BCUT2D eigenvalue weighted by molar-refractivity contribution is 5.75. The lowest BCUT2D eigenvalue weighted by Gasteiger charge is -2.34. The van der Waals surface area contributed by atoms with E-state index in [2.05, 4.69) is 16.0 Å². The molecule has 0 radical (unpaired) electrons. The average Bonchev–Trinajstić information content (AvgIpc) is 2.79. The highest BCUT2D eigenvalue weighted by Gasteiger charge is 2.41. The Balaban J connectivity index is 1.46. The van der Waals surface area contributed by atoms with E-state index in [4.69, 9.17) is 0 Å². The maximum Gasteiger partial charge on any atom is 0.391 e. The van der Waals surface area contributed by atoms with E-state index in [-0.39, 0.29) is 18.7 Å². The van der Waals surface area contributed by atoms with Crippen LogP contribution in [0.3, 0.4) is 0 Å². The van der Waals surface area contributed by atoms with Crippen molar-refractivity contribution in [2.45, 2.75) is 38.4 Å². The summed E-state index contributed by atoms with van der Waals surface area (Å²) in [4.78, 5) is 13.8. The summed E-state index contributed by atoms with van der Waals surface area (Å²) in [6.45, 7) is 2.17. The van der Waals surface area contributed by atoms with Crippen LogP contribution in [-0.4, -0.2) is 38.8 Å². The van der Waals surface area contributed by atoms with Crippen molar-refractivity contribution in [3.63, 3.8) is 0 Å². The molecule has 1 fully saturated rings. The number of hydrogen-bond acceptors (Lipinski definition) is 4. The van der Waals surface area contributed by atoms with Crippen LogP contribution in [-0.2, 0) is 11.3 Å². The molecule has 2 aromatic carbocycles. The summed E-state index contributed by atoms with van der Waals surface area (Å²) in [6.07, 6.45) is -2.47. The maximum absolute atomic E-state index is 12.8. The molecule has 0 bridgehead atoms. The number of alkyl halides is 3. The highest BCUT2D eigenvalue weighted by atomic mass is 19.4. The second kappa shape index (κ2) is 11.2. The molecule has 32 heavy (non-hydrogen) atoms. The molecule has 0 atom stereocenters. The van der Waals surface area contributed by atoms with Gasteiger partial charge in [-0.05, 0) is 74.8 Å². The molecule has 5 nitrogen and oxygen atoms in total. The molecule has 8 heteroatoms. The Morgan fingerprint density at radius 2 is 1.59 bits per heavy atom. The van der Waals surface area contributed by atoms with Crippen molar-refractivity contribution in [2.24, 2.45) is 5.92 Å². The lowest BCUT2D eigenvalue weighted by Crippen LogP contribution is -2.38. The number of carbonyl (C=O) groups excluding carboxylic acids is 1. The fourth-order valence-electron chi connectivity index (χ4n) is 3.81. The lowest BCUT2D eigenvalue weighted by atomic mass is 9.96. The van der Waals surface area contributed by atoms with E-state index < -0.39 is 12.1 Å². The molecule has 2 aromatic rings. The number of amides is 1. The van der Waals surface area contributed by atoms with Gasteiger partial charge in [0.1, 0.15) is 0 Å². The van der Waals surface area contributed by atoms with Crippen molar-refractivity contribution in [3.05, 3.63) is 54.1 Å². The van der Waals surface area contributed by atoms with Crippen molar-refractivity contribution < 1.29 is 18.0 Å². The molecule has 3 rings (SSSR count). The second-order valence-electron chi connectivity index (χ2n) is 8.16. The average molecular weight is 449 g/mol. The van der Waals surface area contributed by atoms with Crippen LogP contribution in [0.15, 0.2) is 48.5 Å². The van der Waals surface area contributed by atoms with Crippen molar-refractivity contribution in [3.8, 4) is 0 Å². The Morgan fingerprint density at radius 1 is 1.00 bits per heavy atom. The van der Waals surface area contributed by atoms with Gasteiger partial charge < -0.3 is 20.9 Å². The first kappa shape index (κ1) is 23.9. The third-order valence-electron chi connectivity index (χ3n) is 5.75. The number of piperidine rings is 1. The molecular formula is C24H31F3N4O. The Kier molecular flexibility index (Phi) is 8.39. The van der Waals surface area contributed by atoms with Crippen LogP contribution in [0.5, 0.6) is 0 Å². The first-order chi connectivity index (χ1) is 15.3. The Morgan fingerprint density at radius 3 is 2.16 bits per heavy atom.